The molecule has 30 heavy (non-hydrogen) atoms. The molecule has 3 N–H and O–H groups in total. The molecule has 0 saturated carbocycles. The average molecular weight is 414 g/mol. The molecule has 0 aromatic heterocycles. The number of benzene rings is 2. The minimum Gasteiger partial charge on any atom is -0.467 e. The third kappa shape index (κ3) is 8.32. The highest BCUT2D eigenvalue weighted by Gasteiger charge is 2.23. The van der Waals surface area contributed by atoms with Crippen LogP contribution in [0.15, 0.2) is 60.7 Å². The van der Waals surface area contributed by atoms with E-state index in [1.54, 1.807) is 0 Å². The van der Waals surface area contributed by atoms with Gasteiger partial charge in [0.2, 0.25) is 5.91 Å². The number of carbonyl (C=O) groups is 3. The van der Waals surface area contributed by atoms with E-state index in [-0.39, 0.29) is 26.0 Å². The summed E-state index contributed by atoms with van der Waals surface area (Å²) in [4.78, 5) is 35.9. The van der Waals surface area contributed by atoms with Gasteiger partial charge >= 0.3 is 12.1 Å². The van der Waals surface area contributed by atoms with Gasteiger partial charge in [0.05, 0.1) is 19.6 Å². The Morgan fingerprint density at radius 3 is 2.17 bits per heavy atom. The molecule has 2 aromatic carbocycles. The Morgan fingerprint density at radius 1 is 0.967 bits per heavy atom. The molecule has 2 amide bonds. The van der Waals surface area contributed by atoms with Crippen molar-refractivity contribution in [2.75, 3.05) is 13.7 Å². The van der Waals surface area contributed by atoms with E-state index in [1.165, 1.54) is 7.11 Å². The van der Waals surface area contributed by atoms with Crippen LogP contribution >= 0.6 is 0 Å². The van der Waals surface area contributed by atoms with E-state index in [0.717, 1.165) is 11.1 Å². The molecule has 8 nitrogen and oxygen atoms in total. The highest BCUT2D eigenvalue weighted by molar-refractivity contribution is 5.84. The van der Waals surface area contributed by atoms with Crippen LogP contribution in [-0.2, 0) is 32.1 Å². The molecule has 2 aromatic rings. The molecule has 0 aliphatic carbocycles. The Labute approximate surface area is 175 Å². The van der Waals surface area contributed by atoms with Gasteiger partial charge in [0, 0.05) is 13.0 Å². The first kappa shape index (κ1) is 22.9. The molecule has 0 aliphatic heterocycles. The van der Waals surface area contributed by atoms with E-state index in [1.807, 2.05) is 60.7 Å². The zero-order valence-electron chi connectivity index (χ0n) is 16.7. The minimum absolute atomic E-state index is 0.101. The van der Waals surface area contributed by atoms with Gasteiger partial charge in [-0.05, 0) is 11.1 Å². The highest BCUT2D eigenvalue weighted by Crippen LogP contribution is 2.05. The van der Waals surface area contributed by atoms with Crippen LogP contribution in [0.2, 0.25) is 0 Å². The molecule has 0 unspecified atom stereocenters. The second-order valence-corrected chi connectivity index (χ2v) is 6.63. The SMILES string of the molecule is COC(=O)[C@H](Cc1ccccc1)NC(=O)C[C@H](O)CNC(=O)OCc1ccccc1. The molecule has 8 heteroatoms. The summed E-state index contributed by atoms with van der Waals surface area (Å²) >= 11 is 0. The predicted octanol–water partition coefficient (Wildman–Crippen LogP) is 1.56. The van der Waals surface area contributed by atoms with Gasteiger partial charge in [0.25, 0.3) is 0 Å². The van der Waals surface area contributed by atoms with Crippen molar-refractivity contribution in [3.8, 4) is 0 Å². The van der Waals surface area contributed by atoms with Gasteiger partial charge in [-0.25, -0.2) is 9.59 Å². The van der Waals surface area contributed by atoms with Gasteiger partial charge in [-0.1, -0.05) is 60.7 Å². The monoisotopic (exact) mass is 414 g/mol. The summed E-state index contributed by atoms with van der Waals surface area (Å²) in [7, 11) is 1.24. The van der Waals surface area contributed by atoms with Crippen LogP contribution in [0.4, 0.5) is 4.79 Å². The number of rotatable bonds is 10. The molecular weight excluding hydrogens is 388 g/mol. The Kier molecular flexibility index (Phi) is 9.33. The van der Waals surface area contributed by atoms with E-state index in [2.05, 4.69) is 10.6 Å². The summed E-state index contributed by atoms with van der Waals surface area (Å²) in [6.45, 7) is -0.0633. The lowest BCUT2D eigenvalue weighted by atomic mass is 10.1. The molecule has 0 saturated heterocycles. The zero-order chi connectivity index (χ0) is 21.8. The summed E-state index contributed by atoms with van der Waals surface area (Å²) in [5, 5.41) is 15.0. The Bertz CT molecular complexity index is 813. The Morgan fingerprint density at radius 2 is 1.57 bits per heavy atom. The van der Waals surface area contributed by atoms with Crippen LogP contribution in [-0.4, -0.2) is 48.9 Å². The number of methoxy groups -OCH3 is 1. The van der Waals surface area contributed by atoms with Crippen molar-refractivity contribution in [3.05, 3.63) is 71.8 Å². The largest absolute Gasteiger partial charge is 0.467 e. The topological polar surface area (TPSA) is 114 Å². The van der Waals surface area contributed by atoms with Gasteiger partial charge in [-0.15, -0.1) is 0 Å². The third-order valence-electron chi connectivity index (χ3n) is 4.22. The van der Waals surface area contributed by atoms with Crippen molar-refractivity contribution >= 4 is 18.0 Å². The summed E-state index contributed by atoms with van der Waals surface area (Å²) in [5.41, 5.74) is 1.69. The fraction of sp³-hybridized carbons (Fsp3) is 0.318. The number of hydrogen-bond donors (Lipinski definition) is 3. The molecule has 0 spiro atoms. The number of ether oxygens (including phenoxy) is 2. The number of nitrogens with one attached hydrogen (secondary N) is 2. The number of esters is 1. The van der Waals surface area contributed by atoms with Crippen LogP contribution < -0.4 is 10.6 Å². The number of carbonyl (C=O) groups excluding carboxylic acids is 3. The lowest BCUT2D eigenvalue weighted by Gasteiger charge is -2.18. The van der Waals surface area contributed by atoms with Crippen molar-refractivity contribution in [2.45, 2.75) is 31.6 Å². The first-order valence-electron chi connectivity index (χ1n) is 9.51. The molecule has 0 bridgehead atoms. The first-order chi connectivity index (χ1) is 14.5. The van der Waals surface area contributed by atoms with Crippen molar-refractivity contribution in [2.24, 2.45) is 0 Å². The quantitative estimate of drug-likeness (QED) is 0.509. The van der Waals surface area contributed by atoms with Crippen LogP contribution in [0.3, 0.4) is 0 Å². The number of amides is 2. The molecule has 2 rings (SSSR count). The summed E-state index contributed by atoms with van der Waals surface area (Å²) in [6.07, 6.45) is -1.86. The molecule has 160 valence electrons. The van der Waals surface area contributed by atoms with E-state index < -0.39 is 30.1 Å². The fourth-order valence-corrected chi connectivity index (χ4v) is 2.70. The third-order valence-corrected chi connectivity index (χ3v) is 4.22. The zero-order valence-corrected chi connectivity index (χ0v) is 16.7. The minimum atomic E-state index is -1.13. The van der Waals surface area contributed by atoms with Crippen LogP contribution in [0.25, 0.3) is 0 Å². The number of alkyl carbamates (subject to hydrolysis) is 1. The van der Waals surface area contributed by atoms with Gasteiger partial charge in [-0.3, -0.25) is 4.79 Å². The Hall–Kier alpha value is -3.39. The lowest BCUT2D eigenvalue weighted by molar-refractivity contribution is -0.145. The van der Waals surface area contributed by atoms with Crippen molar-refractivity contribution in [3.63, 3.8) is 0 Å². The number of aliphatic hydroxyl groups is 1. The van der Waals surface area contributed by atoms with Crippen LogP contribution in [0.5, 0.6) is 0 Å². The molecule has 0 fully saturated rings. The molecular formula is C22H26N2O6. The predicted molar refractivity (Wildman–Crippen MR) is 109 cm³/mol. The fourth-order valence-electron chi connectivity index (χ4n) is 2.70. The number of hydrogen-bond acceptors (Lipinski definition) is 6. The maximum atomic E-state index is 12.2. The van der Waals surface area contributed by atoms with E-state index >= 15 is 0 Å². The smallest absolute Gasteiger partial charge is 0.407 e. The molecule has 0 heterocycles. The van der Waals surface area contributed by atoms with Gasteiger partial charge < -0.3 is 25.2 Å². The molecule has 0 aliphatic rings. The van der Waals surface area contributed by atoms with E-state index in [0.29, 0.717) is 0 Å². The maximum absolute atomic E-state index is 12.2. The highest BCUT2D eigenvalue weighted by atomic mass is 16.5. The number of aliphatic hydroxyl groups excluding tert-OH is 1. The van der Waals surface area contributed by atoms with Gasteiger partial charge in [0.1, 0.15) is 12.6 Å². The van der Waals surface area contributed by atoms with E-state index in [9.17, 15) is 19.5 Å². The lowest BCUT2D eigenvalue weighted by Crippen LogP contribution is -2.45. The first-order valence-corrected chi connectivity index (χ1v) is 9.51. The van der Waals surface area contributed by atoms with E-state index in [4.69, 9.17) is 9.47 Å². The van der Waals surface area contributed by atoms with Crippen molar-refractivity contribution in [1.82, 2.24) is 10.6 Å². The summed E-state index contributed by atoms with van der Waals surface area (Å²) < 4.78 is 9.78. The van der Waals surface area contributed by atoms with Gasteiger partial charge in [0.15, 0.2) is 0 Å². The van der Waals surface area contributed by atoms with Crippen molar-refractivity contribution < 1.29 is 29.0 Å². The maximum Gasteiger partial charge on any atom is 0.407 e. The standard InChI is InChI=1S/C22H26N2O6/c1-29-21(27)19(12-16-8-4-2-5-9-16)24-20(26)13-18(25)14-23-22(28)30-15-17-10-6-3-7-11-17/h2-11,18-19,25H,12-15H2,1H3,(H,23,28)(H,24,26)/t18-,19-/m0/s1. The second kappa shape index (κ2) is 12.2. The Balaban J connectivity index is 1.74. The molecule has 0 radical (unpaired) electrons. The van der Waals surface area contributed by atoms with Crippen LogP contribution in [0, 0.1) is 0 Å². The van der Waals surface area contributed by atoms with Gasteiger partial charge in [-0.2, -0.15) is 0 Å². The summed E-state index contributed by atoms with van der Waals surface area (Å²) in [6, 6.07) is 17.5. The second-order valence-electron chi connectivity index (χ2n) is 6.63. The average Bonchev–Trinajstić information content (AvgIpc) is 2.76. The van der Waals surface area contributed by atoms with Crippen LogP contribution in [0.1, 0.15) is 17.5 Å². The normalized spacial score (nSPS) is 12.3. The van der Waals surface area contributed by atoms with Crippen molar-refractivity contribution in [1.29, 1.82) is 0 Å². The molecule has 2 atom stereocenters. The summed E-state index contributed by atoms with van der Waals surface area (Å²) in [5.74, 6) is -1.11.